The summed E-state index contributed by atoms with van der Waals surface area (Å²) in [6.07, 6.45) is 4.03. The lowest BCUT2D eigenvalue weighted by atomic mass is 10.1. The Balaban J connectivity index is 2.02. The summed E-state index contributed by atoms with van der Waals surface area (Å²) in [7, 11) is 1.67. The molecule has 0 aliphatic rings. The number of hydrogen-bond donors (Lipinski definition) is 1. The molecule has 0 aliphatic heterocycles. The summed E-state index contributed by atoms with van der Waals surface area (Å²) in [5.74, 6) is 1.46. The third kappa shape index (κ3) is 3.18. The molecule has 118 valence electrons. The van der Waals surface area contributed by atoms with E-state index in [1.54, 1.807) is 24.9 Å². The van der Waals surface area contributed by atoms with Crippen LogP contribution >= 0.6 is 23.1 Å². The zero-order valence-electron chi connectivity index (χ0n) is 13.0. The lowest BCUT2D eigenvalue weighted by Crippen LogP contribution is -2.09. The van der Waals surface area contributed by atoms with Crippen LogP contribution in [0.2, 0.25) is 0 Å². The van der Waals surface area contributed by atoms with Crippen LogP contribution in [-0.2, 0) is 0 Å². The van der Waals surface area contributed by atoms with Crippen molar-refractivity contribution < 1.29 is 4.74 Å². The smallest absolute Gasteiger partial charge is 0.259 e. The SMILES string of the molecule is COc1ccc(/C=C(/C)c2nc3sccc3c(=O)[nH]2)cc1SC. The number of nitrogens with zero attached hydrogens (tertiary/aromatic N) is 1. The van der Waals surface area contributed by atoms with Crippen molar-refractivity contribution in [1.82, 2.24) is 9.97 Å². The summed E-state index contributed by atoms with van der Waals surface area (Å²) in [4.78, 5) is 21.3. The van der Waals surface area contributed by atoms with Crippen LogP contribution in [0.15, 0.2) is 39.3 Å². The molecule has 0 saturated heterocycles. The number of allylic oxidation sites excluding steroid dienone is 1. The van der Waals surface area contributed by atoms with Crippen LogP contribution in [0.25, 0.3) is 21.9 Å². The Hall–Kier alpha value is -2.05. The molecule has 0 fully saturated rings. The number of aromatic nitrogens is 2. The van der Waals surface area contributed by atoms with Crippen LogP contribution in [0, 0.1) is 0 Å². The normalized spacial score (nSPS) is 11.9. The van der Waals surface area contributed by atoms with Crippen molar-refractivity contribution in [1.29, 1.82) is 0 Å². The first-order chi connectivity index (χ1) is 11.1. The molecule has 3 aromatic rings. The number of thioether (sulfide) groups is 1. The van der Waals surface area contributed by atoms with Gasteiger partial charge in [0.25, 0.3) is 5.56 Å². The number of methoxy groups -OCH3 is 1. The molecular formula is C17H16N2O2S2. The maximum atomic E-state index is 12.1. The number of fused-ring (bicyclic) bond motifs is 1. The maximum Gasteiger partial charge on any atom is 0.259 e. The van der Waals surface area contributed by atoms with Crippen molar-refractivity contribution in [3.05, 3.63) is 51.4 Å². The van der Waals surface area contributed by atoms with Crippen LogP contribution in [0.4, 0.5) is 0 Å². The van der Waals surface area contributed by atoms with Gasteiger partial charge in [-0.15, -0.1) is 23.1 Å². The highest BCUT2D eigenvalue weighted by molar-refractivity contribution is 7.98. The lowest BCUT2D eigenvalue weighted by molar-refractivity contribution is 0.405. The molecule has 1 N–H and O–H groups in total. The fourth-order valence-corrected chi connectivity index (χ4v) is 3.68. The van der Waals surface area contributed by atoms with E-state index in [0.717, 1.165) is 26.6 Å². The van der Waals surface area contributed by atoms with E-state index in [0.29, 0.717) is 11.2 Å². The Morgan fingerprint density at radius 2 is 2.22 bits per heavy atom. The molecule has 0 aliphatic carbocycles. The second-order valence-electron chi connectivity index (χ2n) is 5.00. The molecule has 23 heavy (non-hydrogen) atoms. The quantitative estimate of drug-likeness (QED) is 0.718. The van der Waals surface area contributed by atoms with Crippen molar-refractivity contribution in [3.63, 3.8) is 0 Å². The van der Waals surface area contributed by atoms with Crippen LogP contribution in [0.1, 0.15) is 18.3 Å². The Kier molecular flexibility index (Phi) is 4.54. The van der Waals surface area contributed by atoms with E-state index >= 15 is 0 Å². The molecule has 0 amide bonds. The number of hydrogen-bond acceptors (Lipinski definition) is 5. The first kappa shape index (κ1) is 15.8. The molecule has 3 rings (SSSR count). The van der Waals surface area contributed by atoms with Gasteiger partial charge in [0.2, 0.25) is 0 Å². The van der Waals surface area contributed by atoms with E-state index in [2.05, 4.69) is 16.0 Å². The standard InChI is InChI=1S/C17H16N2O2S2/c1-10(8-11-4-5-13(21-2)14(9-11)22-3)15-18-16(20)12-6-7-23-17(12)19-15/h4-9H,1-3H3,(H,18,19,20)/b10-8-. The Morgan fingerprint density at radius 3 is 2.96 bits per heavy atom. The molecule has 0 radical (unpaired) electrons. The van der Waals surface area contributed by atoms with Crippen molar-refractivity contribution in [2.24, 2.45) is 0 Å². The number of rotatable bonds is 4. The number of ether oxygens (including phenoxy) is 1. The maximum absolute atomic E-state index is 12.1. The number of thiophene rings is 1. The minimum atomic E-state index is -0.0986. The molecule has 0 atom stereocenters. The third-order valence-corrected chi connectivity index (χ3v) is 5.06. The highest BCUT2D eigenvalue weighted by Gasteiger charge is 2.07. The molecule has 0 bridgehead atoms. The van der Waals surface area contributed by atoms with Crippen LogP contribution in [-0.4, -0.2) is 23.3 Å². The van der Waals surface area contributed by atoms with Gasteiger partial charge in [0.1, 0.15) is 16.4 Å². The highest BCUT2D eigenvalue weighted by atomic mass is 32.2. The van der Waals surface area contributed by atoms with E-state index < -0.39 is 0 Å². The predicted octanol–water partition coefficient (Wildman–Crippen LogP) is 4.28. The van der Waals surface area contributed by atoms with Crippen molar-refractivity contribution in [2.75, 3.05) is 13.4 Å². The third-order valence-electron chi connectivity index (χ3n) is 3.50. The van der Waals surface area contributed by atoms with Gasteiger partial charge in [-0.25, -0.2) is 4.98 Å². The van der Waals surface area contributed by atoms with Gasteiger partial charge in [-0.2, -0.15) is 0 Å². The Bertz CT molecular complexity index is 941. The van der Waals surface area contributed by atoms with E-state index in [9.17, 15) is 4.79 Å². The first-order valence-corrected chi connectivity index (χ1v) is 9.11. The van der Waals surface area contributed by atoms with Crippen LogP contribution < -0.4 is 10.3 Å². The summed E-state index contributed by atoms with van der Waals surface area (Å²) in [6.45, 7) is 1.95. The number of aromatic amines is 1. The molecular weight excluding hydrogens is 328 g/mol. The van der Waals surface area contributed by atoms with E-state index in [1.165, 1.54) is 11.3 Å². The van der Waals surface area contributed by atoms with Crippen molar-refractivity contribution in [2.45, 2.75) is 11.8 Å². The summed E-state index contributed by atoms with van der Waals surface area (Å²) in [6, 6.07) is 7.80. The topological polar surface area (TPSA) is 55.0 Å². The molecule has 0 spiro atoms. The number of benzene rings is 1. The summed E-state index contributed by atoms with van der Waals surface area (Å²) in [5, 5.41) is 2.52. The van der Waals surface area contributed by atoms with Gasteiger partial charge < -0.3 is 9.72 Å². The predicted molar refractivity (Wildman–Crippen MR) is 98.6 cm³/mol. The highest BCUT2D eigenvalue weighted by Crippen LogP contribution is 2.29. The second kappa shape index (κ2) is 6.60. The molecule has 4 nitrogen and oxygen atoms in total. The van der Waals surface area contributed by atoms with Gasteiger partial charge in [-0.05, 0) is 54.0 Å². The average Bonchev–Trinajstić information content (AvgIpc) is 3.03. The number of nitrogens with one attached hydrogen (secondary N) is 1. The van der Waals surface area contributed by atoms with Crippen LogP contribution in [0.5, 0.6) is 5.75 Å². The fraction of sp³-hybridized carbons (Fsp3) is 0.176. The molecule has 6 heteroatoms. The minimum Gasteiger partial charge on any atom is -0.496 e. The molecule has 2 heterocycles. The van der Waals surface area contributed by atoms with E-state index in [-0.39, 0.29) is 5.56 Å². The van der Waals surface area contributed by atoms with Gasteiger partial charge in [0, 0.05) is 4.90 Å². The van der Waals surface area contributed by atoms with E-state index in [4.69, 9.17) is 4.74 Å². The molecule has 0 saturated carbocycles. The Morgan fingerprint density at radius 1 is 1.39 bits per heavy atom. The van der Waals surface area contributed by atoms with Gasteiger partial charge >= 0.3 is 0 Å². The Labute approximate surface area is 142 Å². The summed E-state index contributed by atoms with van der Waals surface area (Å²) in [5.41, 5.74) is 1.86. The fourth-order valence-electron chi connectivity index (χ4n) is 2.31. The minimum absolute atomic E-state index is 0.0986. The van der Waals surface area contributed by atoms with Gasteiger partial charge in [0.05, 0.1) is 12.5 Å². The molecule has 1 aromatic carbocycles. The lowest BCUT2D eigenvalue weighted by Gasteiger charge is -2.07. The van der Waals surface area contributed by atoms with Gasteiger partial charge in [-0.3, -0.25) is 4.79 Å². The van der Waals surface area contributed by atoms with Crippen LogP contribution in [0.3, 0.4) is 0 Å². The zero-order chi connectivity index (χ0) is 16.4. The van der Waals surface area contributed by atoms with Gasteiger partial charge in [0.15, 0.2) is 0 Å². The molecule has 0 unspecified atom stereocenters. The number of H-pyrrole nitrogens is 1. The second-order valence-corrected chi connectivity index (χ2v) is 6.74. The van der Waals surface area contributed by atoms with Crippen molar-refractivity contribution in [3.8, 4) is 5.75 Å². The zero-order valence-corrected chi connectivity index (χ0v) is 14.7. The first-order valence-electron chi connectivity index (χ1n) is 7.00. The monoisotopic (exact) mass is 344 g/mol. The van der Waals surface area contributed by atoms with Gasteiger partial charge in [-0.1, -0.05) is 6.07 Å². The largest absolute Gasteiger partial charge is 0.496 e. The summed E-state index contributed by atoms with van der Waals surface area (Å²) < 4.78 is 5.34. The van der Waals surface area contributed by atoms with Crippen molar-refractivity contribution >= 4 is 45.0 Å². The average molecular weight is 344 g/mol. The molecule has 2 aromatic heterocycles. The van der Waals surface area contributed by atoms with E-state index in [1.807, 2.05) is 36.8 Å². The summed E-state index contributed by atoms with van der Waals surface area (Å²) >= 11 is 3.11.